The SMILES string of the molecule is FC(F)Oc1c(Cl)ccc(Cl)c1Br. The molecule has 13 heavy (non-hydrogen) atoms. The van der Waals surface area contributed by atoms with Crippen LogP contribution < -0.4 is 4.74 Å². The topological polar surface area (TPSA) is 9.23 Å². The van der Waals surface area contributed by atoms with Gasteiger partial charge in [0.05, 0.1) is 14.5 Å². The molecule has 1 aromatic carbocycles. The summed E-state index contributed by atoms with van der Waals surface area (Å²) in [5.74, 6) is -0.149. The fourth-order valence-electron chi connectivity index (χ4n) is 0.706. The van der Waals surface area contributed by atoms with Gasteiger partial charge in [-0.05, 0) is 28.1 Å². The minimum Gasteiger partial charge on any atom is -0.432 e. The van der Waals surface area contributed by atoms with Gasteiger partial charge in [-0.3, -0.25) is 0 Å². The van der Waals surface area contributed by atoms with Crippen molar-refractivity contribution in [2.24, 2.45) is 0 Å². The first kappa shape index (κ1) is 11.0. The zero-order valence-electron chi connectivity index (χ0n) is 6.03. The minimum atomic E-state index is -2.92. The molecular formula is C7H3BrCl2F2O. The Morgan fingerprint density at radius 2 is 1.77 bits per heavy atom. The standard InChI is InChI=1S/C7H3BrCl2F2O/c8-5-3(9)1-2-4(10)6(5)13-7(11)12/h1-2,7H. The molecule has 0 radical (unpaired) electrons. The Kier molecular flexibility index (Phi) is 3.76. The van der Waals surface area contributed by atoms with Crippen LogP contribution in [0.4, 0.5) is 8.78 Å². The van der Waals surface area contributed by atoms with Crippen LogP contribution in [0.2, 0.25) is 10.0 Å². The first-order valence-corrected chi connectivity index (χ1v) is 4.65. The second-order valence-corrected chi connectivity index (χ2v) is 3.66. The van der Waals surface area contributed by atoms with Gasteiger partial charge in [0.1, 0.15) is 0 Å². The van der Waals surface area contributed by atoms with E-state index in [-0.39, 0.29) is 20.3 Å². The predicted molar refractivity (Wildman–Crippen MR) is 50.8 cm³/mol. The Morgan fingerprint density at radius 3 is 2.31 bits per heavy atom. The molecule has 0 N–H and O–H groups in total. The number of ether oxygens (including phenoxy) is 1. The van der Waals surface area contributed by atoms with Crippen molar-refractivity contribution >= 4 is 39.1 Å². The van der Waals surface area contributed by atoms with Crippen molar-refractivity contribution in [1.29, 1.82) is 0 Å². The van der Waals surface area contributed by atoms with Crippen LogP contribution in [0.5, 0.6) is 5.75 Å². The molecule has 1 aromatic rings. The minimum absolute atomic E-state index is 0.0802. The molecule has 0 aliphatic heterocycles. The summed E-state index contributed by atoms with van der Waals surface area (Å²) in [5.41, 5.74) is 0. The van der Waals surface area contributed by atoms with E-state index in [1.165, 1.54) is 12.1 Å². The molecule has 0 aliphatic rings. The van der Waals surface area contributed by atoms with Gasteiger partial charge in [-0.25, -0.2) is 0 Å². The van der Waals surface area contributed by atoms with Crippen LogP contribution >= 0.6 is 39.1 Å². The fourth-order valence-corrected chi connectivity index (χ4v) is 1.61. The van der Waals surface area contributed by atoms with E-state index in [0.717, 1.165) is 0 Å². The predicted octanol–water partition coefficient (Wildman–Crippen LogP) is 4.36. The highest BCUT2D eigenvalue weighted by Gasteiger charge is 2.14. The normalized spacial score (nSPS) is 10.6. The molecule has 0 bridgehead atoms. The smallest absolute Gasteiger partial charge is 0.387 e. The average molecular weight is 292 g/mol. The Balaban J connectivity index is 3.10. The largest absolute Gasteiger partial charge is 0.432 e. The van der Waals surface area contributed by atoms with Gasteiger partial charge in [-0.15, -0.1) is 0 Å². The molecule has 0 aliphatic carbocycles. The first-order valence-electron chi connectivity index (χ1n) is 3.10. The lowest BCUT2D eigenvalue weighted by atomic mass is 10.3. The summed E-state index contributed by atoms with van der Waals surface area (Å²) in [6.07, 6.45) is 0. The van der Waals surface area contributed by atoms with Crippen LogP contribution in [0.3, 0.4) is 0 Å². The van der Waals surface area contributed by atoms with Crippen molar-refractivity contribution in [1.82, 2.24) is 0 Å². The average Bonchev–Trinajstić information content (AvgIpc) is 2.05. The van der Waals surface area contributed by atoms with Crippen molar-refractivity contribution in [3.8, 4) is 5.75 Å². The lowest BCUT2D eigenvalue weighted by molar-refractivity contribution is -0.0502. The summed E-state index contributed by atoms with van der Waals surface area (Å²) >= 11 is 14.2. The maximum Gasteiger partial charge on any atom is 0.387 e. The lowest BCUT2D eigenvalue weighted by Crippen LogP contribution is -2.03. The van der Waals surface area contributed by atoms with Gasteiger partial charge in [0, 0.05) is 0 Å². The molecule has 1 rings (SSSR count). The molecule has 72 valence electrons. The number of halogens is 5. The lowest BCUT2D eigenvalue weighted by Gasteiger charge is -2.09. The molecule has 0 aromatic heterocycles. The first-order chi connectivity index (χ1) is 6.02. The second kappa shape index (κ2) is 4.44. The maximum absolute atomic E-state index is 11.9. The van der Waals surface area contributed by atoms with Crippen LogP contribution in [-0.2, 0) is 0 Å². The van der Waals surface area contributed by atoms with Gasteiger partial charge < -0.3 is 4.74 Å². The summed E-state index contributed by atoms with van der Waals surface area (Å²) in [7, 11) is 0. The Hall–Kier alpha value is -0.0600. The second-order valence-electron chi connectivity index (χ2n) is 2.05. The highest BCUT2D eigenvalue weighted by molar-refractivity contribution is 9.10. The molecule has 6 heteroatoms. The highest BCUT2D eigenvalue weighted by atomic mass is 79.9. The van der Waals surface area contributed by atoms with Gasteiger partial charge in [-0.2, -0.15) is 8.78 Å². The highest BCUT2D eigenvalue weighted by Crippen LogP contribution is 2.38. The van der Waals surface area contributed by atoms with E-state index in [9.17, 15) is 8.78 Å². The van der Waals surface area contributed by atoms with E-state index >= 15 is 0 Å². The van der Waals surface area contributed by atoms with Gasteiger partial charge in [-0.1, -0.05) is 23.2 Å². The summed E-state index contributed by atoms with van der Waals surface area (Å²) in [6.45, 7) is -2.92. The molecule has 0 heterocycles. The maximum atomic E-state index is 11.9. The third-order valence-electron chi connectivity index (χ3n) is 1.21. The molecule has 0 spiro atoms. The van der Waals surface area contributed by atoms with Gasteiger partial charge >= 0.3 is 6.61 Å². The Bertz CT molecular complexity index is 320. The summed E-state index contributed by atoms with van der Waals surface area (Å²) in [4.78, 5) is 0. The van der Waals surface area contributed by atoms with Crippen molar-refractivity contribution in [3.63, 3.8) is 0 Å². The van der Waals surface area contributed by atoms with E-state index in [1.807, 2.05) is 0 Å². The number of alkyl halides is 2. The molecular weight excluding hydrogens is 289 g/mol. The van der Waals surface area contributed by atoms with Crippen LogP contribution in [0, 0.1) is 0 Å². The molecule has 0 saturated carbocycles. The molecule has 0 fully saturated rings. The number of rotatable bonds is 2. The van der Waals surface area contributed by atoms with Crippen molar-refractivity contribution in [3.05, 3.63) is 26.7 Å². The molecule has 0 saturated heterocycles. The zero-order chi connectivity index (χ0) is 10.0. The molecule has 0 unspecified atom stereocenters. The van der Waals surface area contributed by atoms with Gasteiger partial charge in [0.25, 0.3) is 0 Å². The van der Waals surface area contributed by atoms with E-state index in [4.69, 9.17) is 23.2 Å². The summed E-state index contributed by atoms with van der Waals surface area (Å²) < 4.78 is 28.1. The quantitative estimate of drug-likeness (QED) is 0.736. The summed E-state index contributed by atoms with van der Waals surface area (Å²) in [6, 6.07) is 2.86. The summed E-state index contributed by atoms with van der Waals surface area (Å²) in [5, 5.41) is 0.344. The fraction of sp³-hybridized carbons (Fsp3) is 0.143. The molecule has 1 nitrogen and oxygen atoms in total. The van der Waals surface area contributed by atoms with Crippen LogP contribution in [-0.4, -0.2) is 6.61 Å². The van der Waals surface area contributed by atoms with E-state index < -0.39 is 6.61 Å². The van der Waals surface area contributed by atoms with Crippen LogP contribution in [0.1, 0.15) is 0 Å². The van der Waals surface area contributed by atoms with E-state index in [0.29, 0.717) is 0 Å². The number of benzene rings is 1. The third kappa shape index (κ3) is 2.69. The monoisotopic (exact) mass is 290 g/mol. The molecule has 0 amide bonds. The number of hydrogen-bond donors (Lipinski definition) is 0. The third-order valence-corrected chi connectivity index (χ3v) is 2.84. The number of hydrogen-bond acceptors (Lipinski definition) is 1. The van der Waals surface area contributed by atoms with Gasteiger partial charge in [0.2, 0.25) is 0 Å². The van der Waals surface area contributed by atoms with E-state index in [1.54, 1.807) is 0 Å². The Labute approximate surface area is 91.7 Å². The van der Waals surface area contributed by atoms with E-state index in [2.05, 4.69) is 20.7 Å². The van der Waals surface area contributed by atoms with Crippen molar-refractivity contribution < 1.29 is 13.5 Å². The van der Waals surface area contributed by atoms with Crippen molar-refractivity contribution in [2.45, 2.75) is 6.61 Å². The van der Waals surface area contributed by atoms with Crippen molar-refractivity contribution in [2.75, 3.05) is 0 Å². The molecule has 0 atom stereocenters. The Morgan fingerprint density at radius 1 is 1.23 bits per heavy atom. The van der Waals surface area contributed by atoms with Crippen LogP contribution in [0.25, 0.3) is 0 Å². The zero-order valence-corrected chi connectivity index (χ0v) is 9.13. The van der Waals surface area contributed by atoms with Gasteiger partial charge in [0.15, 0.2) is 5.75 Å². The van der Waals surface area contributed by atoms with Crippen LogP contribution in [0.15, 0.2) is 16.6 Å².